The number of aryl methyl sites for hydroxylation is 1. The van der Waals surface area contributed by atoms with E-state index in [1.54, 1.807) is 0 Å². The van der Waals surface area contributed by atoms with Gasteiger partial charge in [0.15, 0.2) is 5.82 Å². The van der Waals surface area contributed by atoms with Gasteiger partial charge in [0, 0.05) is 19.6 Å². The van der Waals surface area contributed by atoms with Crippen molar-refractivity contribution in [2.45, 2.75) is 32.3 Å². The fourth-order valence-corrected chi connectivity index (χ4v) is 3.00. The van der Waals surface area contributed by atoms with E-state index in [1.807, 2.05) is 18.2 Å². The van der Waals surface area contributed by atoms with Crippen molar-refractivity contribution in [2.75, 3.05) is 18.5 Å². The number of aromatic nitrogens is 4. The normalized spacial score (nSPS) is 18.3. The number of fused-ring (bicyclic) bond motifs is 3. The second kappa shape index (κ2) is 5.53. The highest BCUT2D eigenvalue weighted by Gasteiger charge is 2.18. The van der Waals surface area contributed by atoms with Gasteiger partial charge in [-0.2, -0.15) is 0 Å². The molecule has 0 aliphatic carbocycles. The topological polar surface area (TPSA) is 64.3 Å². The van der Waals surface area contributed by atoms with Gasteiger partial charge in [0.25, 0.3) is 0 Å². The summed E-state index contributed by atoms with van der Waals surface area (Å²) in [5, 5.41) is 12.0. The Balaban J connectivity index is 1.80. The van der Waals surface area contributed by atoms with E-state index in [0.29, 0.717) is 0 Å². The van der Waals surface area contributed by atoms with E-state index < -0.39 is 0 Å². The van der Waals surface area contributed by atoms with E-state index in [0.717, 1.165) is 60.7 Å². The van der Waals surface area contributed by atoms with Crippen molar-refractivity contribution in [3.8, 4) is 0 Å². The quantitative estimate of drug-likeness (QED) is 0.801. The summed E-state index contributed by atoms with van der Waals surface area (Å²) < 4.78 is 7.76. The van der Waals surface area contributed by atoms with Gasteiger partial charge in [0.05, 0.1) is 17.1 Å². The number of nitrogens with one attached hydrogen (secondary N) is 1. The highest BCUT2D eigenvalue weighted by Crippen LogP contribution is 2.22. The number of rotatable bonds is 4. The lowest BCUT2D eigenvalue weighted by Gasteiger charge is -2.13. The zero-order valence-corrected chi connectivity index (χ0v) is 12.6. The van der Waals surface area contributed by atoms with Crippen molar-refractivity contribution in [1.82, 2.24) is 19.6 Å². The molecule has 3 heterocycles. The Morgan fingerprint density at radius 2 is 2.23 bits per heavy atom. The average molecular weight is 297 g/mol. The van der Waals surface area contributed by atoms with Gasteiger partial charge in [-0.25, -0.2) is 4.98 Å². The molecule has 22 heavy (non-hydrogen) atoms. The second-order valence-corrected chi connectivity index (χ2v) is 5.59. The number of nitrogens with zero attached hydrogens (tertiary/aromatic N) is 4. The first-order chi connectivity index (χ1) is 10.9. The first-order valence-corrected chi connectivity index (χ1v) is 7.85. The Kier molecular flexibility index (Phi) is 3.38. The molecule has 1 aliphatic rings. The summed E-state index contributed by atoms with van der Waals surface area (Å²) in [5.74, 6) is 1.73. The Hall–Kier alpha value is -2.21. The van der Waals surface area contributed by atoms with Gasteiger partial charge in [-0.05, 0) is 25.0 Å². The van der Waals surface area contributed by atoms with Crippen LogP contribution in [0.5, 0.6) is 0 Å². The number of hydrogen-bond donors (Lipinski definition) is 1. The molecule has 1 fully saturated rings. The summed E-state index contributed by atoms with van der Waals surface area (Å²) in [7, 11) is 0. The number of benzene rings is 1. The van der Waals surface area contributed by atoms with E-state index >= 15 is 0 Å². The molecule has 0 spiro atoms. The standard InChI is InChI=1S/C16H19N5O/c1-2-14-19-20-16-15(17-10-11-6-5-9-22-11)18-12-7-3-4-8-13(12)21(14)16/h3-4,7-8,11H,2,5-6,9-10H2,1H3,(H,17,18)/t11-/m1/s1. The number of ether oxygens (including phenoxy) is 1. The van der Waals surface area contributed by atoms with Crippen LogP contribution in [-0.4, -0.2) is 38.8 Å². The highest BCUT2D eigenvalue weighted by atomic mass is 16.5. The molecule has 1 saturated heterocycles. The minimum absolute atomic E-state index is 0.266. The van der Waals surface area contributed by atoms with Crippen LogP contribution in [0.1, 0.15) is 25.6 Å². The summed E-state index contributed by atoms with van der Waals surface area (Å²) in [5.41, 5.74) is 2.77. The molecule has 0 amide bonds. The lowest BCUT2D eigenvalue weighted by molar-refractivity contribution is 0.120. The molecule has 3 aromatic rings. The van der Waals surface area contributed by atoms with E-state index in [-0.39, 0.29) is 6.10 Å². The molecule has 1 aromatic carbocycles. The lowest BCUT2D eigenvalue weighted by atomic mass is 10.2. The molecule has 1 atom stereocenters. The van der Waals surface area contributed by atoms with Gasteiger partial charge in [-0.3, -0.25) is 4.40 Å². The summed E-state index contributed by atoms with van der Waals surface area (Å²) in [4.78, 5) is 4.72. The van der Waals surface area contributed by atoms with E-state index in [1.165, 1.54) is 0 Å². The van der Waals surface area contributed by atoms with Crippen LogP contribution >= 0.6 is 0 Å². The van der Waals surface area contributed by atoms with Gasteiger partial charge < -0.3 is 10.1 Å². The molecule has 1 N–H and O–H groups in total. The van der Waals surface area contributed by atoms with Crippen molar-refractivity contribution in [3.63, 3.8) is 0 Å². The zero-order chi connectivity index (χ0) is 14.9. The molecule has 4 rings (SSSR count). The third kappa shape index (κ3) is 2.20. The molecule has 0 radical (unpaired) electrons. The van der Waals surface area contributed by atoms with Crippen molar-refractivity contribution in [3.05, 3.63) is 30.1 Å². The maximum atomic E-state index is 5.67. The third-order valence-corrected chi connectivity index (χ3v) is 4.13. The van der Waals surface area contributed by atoms with Crippen LogP contribution < -0.4 is 5.32 Å². The van der Waals surface area contributed by atoms with Crippen LogP contribution in [-0.2, 0) is 11.2 Å². The number of anilines is 1. The Bertz CT molecular complexity index is 807. The van der Waals surface area contributed by atoms with Crippen molar-refractivity contribution >= 4 is 22.5 Å². The van der Waals surface area contributed by atoms with Crippen LogP contribution in [0.4, 0.5) is 5.82 Å². The first kappa shape index (κ1) is 13.5. The summed E-state index contributed by atoms with van der Waals surface area (Å²) in [6, 6.07) is 8.09. The van der Waals surface area contributed by atoms with Crippen molar-refractivity contribution < 1.29 is 4.74 Å². The second-order valence-electron chi connectivity index (χ2n) is 5.59. The SMILES string of the molecule is CCc1nnc2c(NC[C@H]3CCCO3)nc3ccccc3n12. The van der Waals surface area contributed by atoms with Gasteiger partial charge in [-0.15, -0.1) is 10.2 Å². The predicted octanol–water partition coefficient (Wildman–Crippen LogP) is 2.43. The molecule has 0 bridgehead atoms. The minimum atomic E-state index is 0.266. The molecule has 114 valence electrons. The van der Waals surface area contributed by atoms with E-state index in [2.05, 4.69) is 32.9 Å². The Morgan fingerprint density at radius 3 is 3.05 bits per heavy atom. The summed E-state index contributed by atoms with van der Waals surface area (Å²) in [6.45, 7) is 3.71. The molecule has 0 saturated carbocycles. The molecule has 6 nitrogen and oxygen atoms in total. The molecule has 2 aromatic heterocycles. The van der Waals surface area contributed by atoms with Crippen LogP contribution in [0.15, 0.2) is 24.3 Å². The largest absolute Gasteiger partial charge is 0.376 e. The molecular weight excluding hydrogens is 278 g/mol. The molecule has 1 aliphatic heterocycles. The van der Waals surface area contributed by atoms with Gasteiger partial charge in [0.1, 0.15) is 5.82 Å². The van der Waals surface area contributed by atoms with E-state index in [9.17, 15) is 0 Å². The van der Waals surface area contributed by atoms with Gasteiger partial charge >= 0.3 is 0 Å². The zero-order valence-electron chi connectivity index (χ0n) is 12.6. The lowest BCUT2D eigenvalue weighted by Crippen LogP contribution is -2.19. The van der Waals surface area contributed by atoms with Crippen LogP contribution in [0, 0.1) is 0 Å². The fraction of sp³-hybridized carbons (Fsp3) is 0.438. The maximum absolute atomic E-state index is 5.67. The van der Waals surface area contributed by atoms with Crippen LogP contribution in [0.2, 0.25) is 0 Å². The van der Waals surface area contributed by atoms with Gasteiger partial charge in [-0.1, -0.05) is 19.1 Å². The summed E-state index contributed by atoms with van der Waals surface area (Å²) >= 11 is 0. The number of hydrogen-bond acceptors (Lipinski definition) is 5. The third-order valence-electron chi connectivity index (χ3n) is 4.13. The average Bonchev–Trinajstić information content (AvgIpc) is 3.22. The Labute approximate surface area is 128 Å². The predicted molar refractivity (Wildman–Crippen MR) is 85.1 cm³/mol. The fourth-order valence-electron chi connectivity index (χ4n) is 3.00. The highest BCUT2D eigenvalue weighted by molar-refractivity contribution is 5.82. The molecule has 6 heteroatoms. The number of para-hydroxylation sites is 2. The van der Waals surface area contributed by atoms with E-state index in [4.69, 9.17) is 9.72 Å². The molecule has 0 unspecified atom stereocenters. The maximum Gasteiger partial charge on any atom is 0.204 e. The van der Waals surface area contributed by atoms with Gasteiger partial charge in [0.2, 0.25) is 5.65 Å². The van der Waals surface area contributed by atoms with Crippen LogP contribution in [0.25, 0.3) is 16.7 Å². The van der Waals surface area contributed by atoms with Crippen molar-refractivity contribution in [1.29, 1.82) is 0 Å². The Morgan fingerprint density at radius 1 is 1.32 bits per heavy atom. The van der Waals surface area contributed by atoms with Crippen LogP contribution in [0.3, 0.4) is 0 Å². The minimum Gasteiger partial charge on any atom is -0.376 e. The monoisotopic (exact) mass is 297 g/mol. The summed E-state index contributed by atoms with van der Waals surface area (Å²) in [6.07, 6.45) is 3.34. The van der Waals surface area contributed by atoms with Crippen molar-refractivity contribution in [2.24, 2.45) is 0 Å². The molecular formula is C16H19N5O. The first-order valence-electron chi connectivity index (χ1n) is 7.85. The smallest absolute Gasteiger partial charge is 0.204 e.